The summed E-state index contributed by atoms with van der Waals surface area (Å²) < 4.78 is 30.1. The molecule has 4 aliphatic carbocycles. The fraction of sp³-hybridized carbons (Fsp3) is 0.395. The molecule has 4 aliphatic rings. The smallest absolute Gasteiger partial charge is 0.123 e. The number of hydrogen-bond donors (Lipinski definition) is 1. The monoisotopic (exact) mass is 633 g/mol. The van der Waals surface area contributed by atoms with Crippen molar-refractivity contribution in [3.63, 3.8) is 0 Å². The van der Waals surface area contributed by atoms with E-state index in [9.17, 15) is 18.7 Å². The van der Waals surface area contributed by atoms with Crippen LogP contribution in [0.3, 0.4) is 0 Å². The number of aliphatic hydroxyl groups is 1. The average molecular weight is 634 g/mol. The summed E-state index contributed by atoms with van der Waals surface area (Å²) >= 11 is 0. The van der Waals surface area contributed by atoms with Gasteiger partial charge in [-0.2, -0.15) is 10.2 Å². The molecule has 0 amide bonds. The van der Waals surface area contributed by atoms with Gasteiger partial charge in [0.15, 0.2) is 0 Å². The summed E-state index contributed by atoms with van der Waals surface area (Å²) in [5.74, 6) is -0.0739. The molecule has 6 nitrogen and oxygen atoms in total. The quantitative estimate of drug-likeness (QED) is 0.189. The van der Waals surface area contributed by atoms with Crippen molar-refractivity contribution in [1.82, 2.24) is 19.6 Å². The maximum atomic E-state index is 13.2. The Balaban J connectivity index is 0.000000161. The molecule has 2 aromatic heterocycles. The third kappa shape index (κ3) is 5.73. The van der Waals surface area contributed by atoms with Gasteiger partial charge in [-0.15, -0.1) is 0 Å². The molecule has 0 bridgehead atoms. The van der Waals surface area contributed by atoms with Gasteiger partial charge in [-0.25, -0.2) is 18.1 Å². The predicted octanol–water partition coefficient (Wildman–Crippen LogP) is 7.33. The van der Waals surface area contributed by atoms with Gasteiger partial charge in [0.05, 0.1) is 35.2 Å². The van der Waals surface area contributed by atoms with Crippen molar-refractivity contribution >= 4 is 26.9 Å². The first-order valence-electron chi connectivity index (χ1n) is 16.4. The van der Waals surface area contributed by atoms with Crippen molar-refractivity contribution in [2.45, 2.75) is 65.2 Å². The fourth-order valence-electron chi connectivity index (χ4n) is 8.31. The van der Waals surface area contributed by atoms with Crippen LogP contribution >= 0.6 is 0 Å². The zero-order chi connectivity index (χ0) is 32.1. The van der Waals surface area contributed by atoms with Crippen molar-refractivity contribution in [3.05, 3.63) is 106 Å². The molecule has 4 aromatic rings. The Morgan fingerprint density at radius 2 is 1.26 bits per heavy atom. The van der Waals surface area contributed by atoms with Gasteiger partial charge in [-0.1, -0.05) is 25.0 Å². The molecule has 0 aliphatic heterocycles. The topological polar surface area (TPSA) is 72.9 Å². The summed E-state index contributed by atoms with van der Waals surface area (Å²) in [6.07, 6.45) is 17.5. The molecule has 1 N–H and O–H groups in total. The van der Waals surface area contributed by atoms with E-state index in [2.05, 4.69) is 36.2 Å². The Hall–Kier alpha value is -4.11. The highest BCUT2D eigenvalue weighted by molar-refractivity contribution is 5.75. The van der Waals surface area contributed by atoms with Gasteiger partial charge < -0.3 is 9.90 Å². The highest BCUT2D eigenvalue weighted by Crippen LogP contribution is 2.52. The van der Waals surface area contributed by atoms with Crippen LogP contribution in [0.1, 0.15) is 74.9 Å². The van der Waals surface area contributed by atoms with Crippen molar-refractivity contribution in [1.29, 1.82) is 0 Å². The molecular weight excluding hydrogens is 593 g/mol. The SMILES string of the molecule is C[C@]12Cc3cnn(-c4ccc(F)cc4)c3C=C1CCC[C@@H]2C=O.C[C@]12Cc3cnn(-c4ccc(F)cc4)c3C=C1CCC[C@@H]2CO.[B]. The Bertz CT molecular complexity index is 1830. The lowest BCUT2D eigenvalue weighted by atomic mass is 9.60. The lowest BCUT2D eigenvalue weighted by Gasteiger charge is -2.45. The largest absolute Gasteiger partial charge is 0.396 e. The molecule has 0 saturated heterocycles. The first-order valence-corrected chi connectivity index (χ1v) is 16.4. The maximum Gasteiger partial charge on any atom is 0.123 e. The number of nitrogens with zero attached hydrogens (tertiary/aromatic N) is 4. The summed E-state index contributed by atoms with van der Waals surface area (Å²) in [5, 5.41) is 18.8. The molecule has 2 saturated carbocycles. The van der Waals surface area contributed by atoms with Crippen molar-refractivity contribution in [2.75, 3.05) is 6.61 Å². The zero-order valence-electron chi connectivity index (χ0n) is 27.0. The number of carbonyl (C=O) groups excluding carboxylic acids is 1. The fourth-order valence-corrected chi connectivity index (χ4v) is 8.31. The lowest BCUT2D eigenvalue weighted by Crippen LogP contribution is -2.38. The maximum absolute atomic E-state index is 13.2. The van der Waals surface area contributed by atoms with Crippen molar-refractivity contribution in [2.24, 2.45) is 22.7 Å². The summed E-state index contributed by atoms with van der Waals surface area (Å²) in [7, 11) is 0. The van der Waals surface area contributed by atoms with Gasteiger partial charge in [0, 0.05) is 26.4 Å². The van der Waals surface area contributed by atoms with Crippen LogP contribution in [0.5, 0.6) is 0 Å². The van der Waals surface area contributed by atoms with E-state index in [1.807, 2.05) is 21.8 Å². The molecule has 241 valence electrons. The van der Waals surface area contributed by atoms with Crippen LogP contribution in [0.2, 0.25) is 0 Å². The zero-order valence-corrected chi connectivity index (χ0v) is 27.0. The molecule has 9 heteroatoms. The molecule has 0 unspecified atom stereocenters. The molecule has 2 aromatic carbocycles. The first-order chi connectivity index (χ1) is 22.2. The molecule has 2 heterocycles. The molecule has 2 fully saturated rings. The highest BCUT2D eigenvalue weighted by Gasteiger charge is 2.44. The van der Waals surface area contributed by atoms with Gasteiger partial charge in [0.1, 0.15) is 17.9 Å². The summed E-state index contributed by atoms with van der Waals surface area (Å²) in [5.41, 5.74) is 8.99. The summed E-state index contributed by atoms with van der Waals surface area (Å²) in [6.45, 7) is 4.72. The number of hydrogen-bond acceptors (Lipinski definition) is 4. The number of fused-ring (bicyclic) bond motifs is 4. The average Bonchev–Trinajstić information content (AvgIpc) is 3.65. The van der Waals surface area contributed by atoms with Gasteiger partial charge in [0.25, 0.3) is 0 Å². The number of aliphatic hydroxyl groups excluding tert-OH is 1. The van der Waals surface area contributed by atoms with Crippen LogP contribution in [0.25, 0.3) is 23.5 Å². The Labute approximate surface area is 276 Å². The second-order valence-electron chi connectivity index (χ2n) is 13.8. The van der Waals surface area contributed by atoms with E-state index in [0.29, 0.717) is 5.92 Å². The number of rotatable bonds is 4. The third-order valence-corrected chi connectivity index (χ3v) is 11.2. The summed E-state index contributed by atoms with van der Waals surface area (Å²) in [6, 6.07) is 12.8. The van der Waals surface area contributed by atoms with Gasteiger partial charge in [-0.3, -0.25) is 0 Å². The normalized spacial score (nSPS) is 25.7. The first kappa shape index (κ1) is 32.8. The van der Waals surface area contributed by atoms with Crippen LogP contribution < -0.4 is 0 Å². The van der Waals surface area contributed by atoms with Crippen LogP contribution in [0, 0.1) is 34.3 Å². The van der Waals surface area contributed by atoms with E-state index in [1.54, 1.807) is 24.3 Å². The Kier molecular flexibility index (Phi) is 8.96. The van der Waals surface area contributed by atoms with Crippen molar-refractivity contribution < 1.29 is 18.7 Å². The van der Waals surface area contributed by atoms with E-state index in [-0.39, 0.29) is 43.4 Å². The number of benzene rings is 2. The van der Waals surface area contributed by atoms with E-state index < -0.39 is 0 Å². The van der Waals surface area contributed by atoms with Crippen LogP contribution in [0.15, 0.2) is 72.1 Å². The molecule has 0 spiro atoms. The standard InChI is InChI=1S/C19H21FN2O.C19H19FN2O.B/c2*1-19-10-13-11-21-22(17-7-5-16(20)6-8-17)18(13)9-14(19)3-2-4-15(19)12-23;/h5-9,11,15,23H,2-4,10,12H2,1H3;5-9,11-12,15H,2-4,10H2,1H3;/t2*15-,19+;/m11./s1. The van der Waals surface area contributed by atoms with Crippen molar-refractivity contribution in [3.8, 4) is 11.4 Å². The Morgan fingerprint density at radius 3 is 1.74 bits per heavy atom. The van der Waals surface area contributed by atoms with Gasteiger partial charge in [-0.05, 0) is 135 Å². The lowest BCUT2D eigenvalue weighted by molar-refractivity contribution is -0.114. The Morgan fingerprint density at radius 1 is 0.787 bits per heavy atom. The molecule has 4 atom stereocenters. The van der Waals surface area contributed by atoms with Crippen LogP contribution in [-0.2, 0) is 17.6 Å². The predicted molar refractivity (Wildman–Crippen MR) is 180 cm³/mol. The van der Waals surface area contributed by atoms with Gasteiger partial charge >= 0.3 is 0 Å². The van der Waals surface area contributed by atoms with Crippen LogP contribution in [0.4, 0.5) is 8.78 Å². The highest BCUT2D eigenvalue weighted by atomic mass is 19.1. The third-order valence-electron chi connectivity index (χ3n) is 11.2. The minimum Gasteiger partial charge on any atom is -0.396 e. The molecular formula is C38H40BF2N4O2. The van der Waals surface area contributed by atoms with E-state index in [0.717, 1.165) is 86.0 Å². The number of aldehydes is 1. The molecule has 8 rings (SSSR count). The number of allylic oxidation sites excluding steroid dienone is 2. The number of halogens is 2. The molecule has 3 radical (unpaired) electrons. The second-order valence-corrected chi connectivity index (χ2v) is 13.8. The summed E-state index contributed by atoms with van der Waals surface area (Å²) in [4.78, 5) is 11.5. The minimum absolute atomic E-state index is 0. The van der Waals surface area contributed by atoms with Gasteiger partial charge in [0.2, 0.25) is 0 Å². The second kappa shape index (κ2) is 12.8. The van der Waals surface area contributed by atoms with Crippen LogP contribution in [-0.4, -0.2) is 46.0 Å². The minimum atomic E-state index is -0.248. The van der Waals surface area contributed by atoms with E-state index in [4.69, 9.17) is 0 Å². The van der Waals surface area contributed by atoms with E-state index in [1.165, 1.54) is 41.0 Å². The molecule has 47 heavy (non-hydrogen) atoms. The number of aromatic nitrogens is 4. The van der Waals surface area contributed by atoms with E-state index >= 15 is 0 Å². The number of carbonyl (C=O) groups is 1.